The van der Waals surface area contributed by atoms with Crippen molar-refractivity contribution in [2.24, 2.45) is 0 Å². The van der Waals surface area contributed by atoms with Crippen molar-refractivity contribution in [1.82, 2.24) is 0 Å². The number of rotatable bonds is 4. The molecule has 15 heavy (non-hydrogen) atoms. The van der Waals surface area contributed by atoms with Gasteiger partial charge in [-0.1, -0.05) is 0 Å². The number of hydrogen-bond acceptors (Lipinski definition) is 6. The Balaban J connectivity index is 2.57. The predicted octanol–water partition coefficient (Wildman–Crippen LogP) is -2.23. The van der Waals surface area contributed by atoms with Gasteiger partial charge in [0.2, 0.25) is 0 Å². The first-order chi connectivity index (χ1) is 7.11. The highest BCUT2D eigenvalue weighted by Gasteiger charge is 2.43. The Labute approximate surface area is 85.9 Å². The van der Waals surface area contributed by atoms with Crippen LogP contribution in [0.1, 0.15) is 0 Å². The monoisotopic (exact) mass is 226 g/mol. The first kappa shape index (κ1) is 12.8. The lowest BCUT2D eigenvalue weighted by Gasteiger charge is -2.39. The van der Waals surface area contributed by atoms with E-state index in [4.69, 9.17) is 14.6 Å². The number of aliphatic hydroxyl groups excluding tert-OH is 4. The van der Waals surface area contributed by atoms with Crippen molar-refractivity contribution >= 4 is 0 Å². The summed E-state index contributed by atoms with van der Waals surface area (Å²) in [6.07, 6.45) is -6.63. The van der Waals surface area contributed by atoms with E-state index in [0.29, 0.717) is 0 Å². The zero-order valence-corrected chi connectivity index (χ0v) is 7.99. The molecule has 4 N–H and O–H groups in total. The van der Waals surface area contributed by atoms with Crippen LogP contribution in [0.2, 0.25) is 0 Å². The minimum atomic E-state index is -1.49. The van der Waals surface area contributed by atoms with Gasteiger partial charge >= 0.3 is 0 Å². The van der Waals surface area contributed by atoms with Gasteiger partial charge in [-0.05, 0) is 0 Å². The Morgan fingerprint density at radius 1 is 1.13 bits per heavy atom. The lowest BCUT2D eigenvalue weighted by molar-refractivity contribution is -0.301. The molecular weight excluding hydrogens is 211 g/mol. The van der Waals surface area contributed by atoms with Gasteiger partial charge < -0.3 is 29.9 Å². The van der Waals surface area contributed by atoms with Crippen molar-refractivity contribution in [3.8, 4) is 0 Å². The van der Waals surface area contributed by atoms with Gasteiger partial charge in [-0.2, -0.15) is 0 Å². The van der Waals surface area contributed by atoms with Gasteiger partial charge in [-0.25, -0.2) is 4.39 Å². The van der Waals surface area contributed by atoms with Crippen molar-refractivity contribution in [1.29, 1.82) is 0 Å². The summed E-state index contributed by atoms with van der Waals surface area (Å²) >= 11 is 0. The zero-order chi connectivity index (χ0) is 11.4. The maximum Gasteiger partial charge on any atom is 0.186 e. The van der Waals surface area contributed by atoms with E-state index in [9.17, 15) is 19.7 Å². The van der Waals surface area contributed by atoms with E-state index in [1.165, 1.54) is 0 Å². The van der Waals surface area contributed by atoms with Crippen molar-refractivity contribution in [3.63, 3.8) is 0 Å². The lowest BCUT2D eigenvalue weighted by Crippen LogP contribution is -2.59. The molecule has 1 aliphatic heterocycles. The van der Waals surface area contributed by atoms with E-state index in [0.717, 1.165) is 0 Å². The summed E-state index contributed by atoms with van der Waals surface area (Å²) in [7, 11) is 0. The molecule has 1 fully saturated rings. The van der Waals surface area contributed by atoms with E-state index in [1.807, 2.05) is 0 Å². The van der Waals surface area contributed by atoms with E-state index < -0.39 is 44.0 Å². The van der Waals surface area contributed by atoms with E-state index in [2.05, 4.69) is 0 Å². The molecule has 0 aliphatic carbocycles. The number of ether oxygens (including phenoxy) is 2. The van der Waals surface area contributed by atoms with Gasteiger partial charge in [0.1, 0.15) is 31.1 Å². The molecule has 0 amide bonds. The molecule has 0 radical (unpaired) electrons. The minimum Gasteiger partial charge on any atom is -0.394 e. The van der Waals surface area contributed by atoms with Crippen LogP contribution in [0.5, 0.6) is 0 Å². The molecule has 90 valence electrons. The molecule has 6 nitrogen and oxygen atoms in total. The predicted molar refractivity (Wildman–Crippen MR) is 45.7 cm³/mol. The third kappa shape index (κ3) is 2.83. The van der Waals surface area contributed by atoms with Crippen molar-refractivity contribution in [3.05, 3.63) is 0 Å². The SMILES string of the molecule is OC[C@H]1O[C@@H](OCCF)[C@H](O)[C@@H](O)[C@H]1O. The molecule has 0 saturated carbocycles. The smallest absolute Gasteiger partial charge is 0.186 e. The second-order valence-electron chi connectivity index (χ2n) is 3.26. The largest absolute Gasteiger partial charge is 0.394 e. The Morgan fingerprint density at radius 3 is 2.33 bits per heavy atom. The number of halogens is 1. The first-order valence-electron chi connectivity index (χ1n) is 4.60. The highest BCUT2D eigenvalue weighted by atomic mass is 19.1. The lowest BCUT2D eigenvalue weighted by atomic mass is 9.99. The Hall–Kier alpha value is -0.310. The van der Waals surface area contributed by atoms with Crippen LogP contribution in [0.15, 0.2) is 0 Å². The second kappa shape index (κ2) is 5.69. The molecule has 0 aromatic heterocycles. The van der Waals surface area contributed by atoms with Crippen LogP contribution >= 0.6 is 0 Å². The minimum absolute atomic E-state index is 0.289. The van der Waals surface area contributed by atoms with E-state index >= 15 is 0 Å². The van der Waals surface area contributed by atoms with Crippen molar-refractivity contribution in [2.45, 2.75) is 30.7 Å². The van der Waals surface area contributed by atoms with Gasteiger partial charge in [0.15, 0.2) is 6.29 Å². The molecule has 0 bridgehead atoms. The molecule has 0 aromatic rings. The number of alkyl halides is 1. The highest BCUT2D eigenvalue weighted by Crippen LogP contribution is 2.21. The van der Waals surface area contributed by atoms with Crippen LogP contribution in [-0.4, -0.2) is 71.0 Å². The Bertz CT molecular complexity index is 190. The van der Waals surface area contributed by atoms with Crippen LogP contribution in [-0.2, 0) is 9.47 Å². The fraction of sp³-hybridized carbons (Fsp3) is 1.00. The molecule has 7 heteroatoms. The van der Waals surface area contributed by atoms with Crippen LogP contribution in [0.4, 0.5) is 4.39 Å². The summed E-state index contributed by atoms with van der Waals surface area (Å²) in [4.78, 5) is 0. The average Bonchev–Trinajstić information content (AvgIpc) is 2.25. The maximum atomic E-state index is 11.8. The quantitative estimate of drug-likeness (QED) is 0.433. The van der Waals surface area contributed by atoms with Crippen molar-refractivity contribution in [2.75, 3.05) is 19.9 Å². The average molecular weight is 226 g/mol. The summed E-state index contributed by atoms with van der Waals surface area (Å²) in [6, 6.07) is 0. The van der Waals surface area contributed by atoms with Crippen LogP contribution in [0.3, 0.4) is 0 Å². The van der Waals surface area contributed by atoms with Gasteiger partial charge in [0, 0.05) is 0 Å². The molecule has 0 aromatic carbocycles. The van der Waals surface area contributed by atoms with Crippen molar-refractivity contribution < 1.29 is 34.3 Å². The number of hydrogen-bond donors (Lipinski definition) is 4. The second-order valence-corrected chi connectivity index (χ2v) is 3.26. The molecule has 0 spiro atoms. The van der Waals surface area contributed by atoms with Gasteiger partial charge in [-0.15, -0.1) is 0 Å². The topological polar surface area (TPSA) is 99.4 Å². The fourth-order valence-electron chi connectivity index (χ4n) is 1.37. The Morgan fingerprint density at radius 2 is 1.80 bits per heavy atom. The van der Waals surface area contributed by atoms with Crippen LogP contribution < -0.4 is 0 Å². The molecule has 0 unspecified atom stereocenters. The Kier molecular flexibility index (Phi) is 4.84. The molecule has 1 saturated heterocycles. The van der Waals surface area contributed by atoms with E-state index in [1.54, 1.807) is 0 Å². The first-order valence-corrected chi connectivity index (χ1v) is 4.60. The summed E-state index contributed by atoms with van der Waals surface area (Å²) in [5.41, 5.74) is 0. The highest BCUT2D eigenvalue weighted by molar-refractivity contribution is 4.88. The standard InChI is InChI=1S/C8H15FO6/c9-1-2-14-8-7(13)6(12)5(11)4(3-10)15-8/h4-8,10-13H,1-3H2/t4-,5+,6+,7-,8-/m1/s1. The molecular formula is C8H15FO6. The molecule has 1 rings (SSSR count). The van der Waals surface area contributed by atoms with Gasteiger partial charge in [0.25, 0.3) is 0 Å². The summed E-state index contributed by atoms with van der Waals surface area (Å²) in [5.74, 6) is 0. The maximum absolute atomic E-state index is 11.8. The third-order valence-electron chi connectivity index (χ3n) is 2.21. The number of aliphatic hydroxyl groups is 4. The third-order valence-corrected chi connectivity index (χ3v) is 2.21. The van der Waals surface area contributed by atoms with Crippen LogP contribution in [0.25, 0.3) is 0 Å². The normalized spacial score (nSPS) is 41.8. The molecule has 1 heterocycles. The summed E-state index contributed by atoms with van der Waals surface area (Å²) in [6.45, 7) is -1.57. The van der Waals surface area contributed by atoms with Gasteiger partial charge in [-0.3, -0.25) is 0 Å². The molecule has 1 aliphatic rings. The fourth-order valence-corrected chi connectivity index (χ4v) is 1.37. The van der Waals surface area contributed by atoms with Gasteiger partial charge in [0.05, 0.1) is 13.2 Å². The van der Waals surface area contributed by atoms with Crippen LogP contribution in [0, 0.1) is 0 Å². The molecule has 5 atom stereocenters. The van der Waals surface area contributed by atoms with E-state index in [-0.39, 0.29) is 6.61 Å². The summed E-state index contributed by atoms with van der Waals surface area (Å²) < 4.78 is 21.5. The zero-order valence-electron chi connectivity index (χ0n) is 7.99. The summed E-state index contributed by atoms with van der Waals surface area (Å²) in [5, 5.41) is 36.9.